The summed E-state index contributed by atoms with van der Waals surface area (Å²) in [5, 5.41) is 0.336. The van der Waals surface area contributed by atoms with Gasteiger partial charge in [-0.3, -0.25) is 4.99 Å². The zero-order valence-corrected chi connectivity index (χ0v) is 19.1. The van der Waals surface area contributed by atoms with Gasteiger partial charge in [0.15, 0.2) is 0 Å². The van der Waals surface area contributed by atoms with Crippen molar-refractivity contribution in [3.63, 3.8) is 0 Å². The van der Waals surface area contributed by atoms with Crippen molar-refractivity contribution in [2.45, 2.75) is 4.90 Å². The number of sulfonamides is 1. The van der Waals surface area contributed by atoms with Crippen molar-refractivity contribution >= 4 is 33.3 Å². The molecule has 166 valence electrons. The highest BCUT2D eigenvalue weighted by atomic mass is 35.5. The van der Waals surface area contributed by atoms with Gasteiger partial charge in [0.1, 0.15) is 16.4 Å². The Bertz CT molecular complexity index is 1080. The molecule has 0 spiro atoms. The van der Waals surface area contributed by atoms with E-state index in [1.54, 1.807) is 19.2 Å². The zero-order valence-electron chi connectivity index (χ0n) is 17.5. The standard InChI is InChI=1S/C21H25ClN4O4S/c1-29-18-6-4-3-5-17(18)24-11-13-25(14-12-24)21-23-9-10-26(21)31(27,28)20-15-16(22)7-8-19(20)30-2/h3-8,15H,9-14H2,1-2H3. The Morgan fingerprint density at radius 2 is 1.58 bits per heavy atom. The van der Waals surface area contributed by atoms with Crippen molar-refractivity contribution in [3.8, 4) is 11.5 Å². The molecule has 2 aromatic carbocycles. The van der Waals surface area contributed by atoms with Gasteiger partial charge in [-0.25, -0.2) is 12.7 Å². The van der Waals surface area contributed by atoms with Crippen LogP contribution in [-0.4, -0.2) is 77.1 Å². The predicted octanol–water partition coefficient (Wildman–Crippen LogP) is 2.54. The molecule has 10 heteroatoms. The third kappa shape index (κ3) is 4.12. The molecule has 1 fully saturated rings. The largest absolute Gasteiger partial charge is 0.495 e. The van der Waals surface area contributed by atoms with Gasteiger partial charge in [-0.15, -0.1) is 0 Å². The van der Waals surface area contributed by atoms with Crippen molar-refractivity contribution in [1.82, 2.24) is 9.21 Å². The maximum absolute atomic E-state index is 13.4. The van der Waals surface area contributed by atoms with Crippen molar-refractivity contribution < 1.29 is 17.9 Å². The molecule has 31 heavy (non-hydrogen) atoms. The van der Waals surface area contributed by atoms with Crippen LogP contribution in [0.5, 0.6) is 11.5 Å². The second-order valence-corrected chi connectivity index (χ2v) is 9.47. The van der Waals surface area contributed by atoms with Crippen LogP contribution in [-0.2, 0) is 10.0 Å². The number of ether oxygens (including phenoxy) is 2. The van der Waals surface area contributed by atoms with Crippen LogP contribution in [0.25, 0.3) is 0 Å². The molecule has 0 atom stereocenters. The van der Waals surface area contributed by atoms with Gasteiger partial charge in [0.05, 0.1) is 33.0 Å². The van der Waals surface area contributed by atoms with E-state index < -0.39 is 10.0 Å². The van der Waals surface area contributed by atoms with Crippen LogP contribution < -0.4 is 14.4 Å². The molecule has 2 aromatic rings. The Kier molecular flexibility index (Phi) is 6.15. The quantitative estimate of drug-likeness (QED) is 0.677. The second-order valence-electron chi connectivity index (χ2n) is 7.20. The first-order valence-corrected chi connectivity index (χ1v) is 11.8. The smallest absolute Gasteiger partial charge is 0.270 e. The molecule has 4 rings (SSSR count). The van der Waals surface area contributed by atoms with Gasteiger partial charge in [-0.1, -0.05) is 23.7 Å². The number of anilines is 1. The van der Waals surface area contributed by atoms with Crippen molar-refractivity contribution in [1.29, 1.82) is 0 Å². The Morgan fingerprint density at radius 1 is 0.903 bits per heavy atom. The Labute approximate surface area is 187 Å². The van der Waals surface area contributed by atoms with E-state index in [4.69, 9.17) is 21.1 Å². The van der Waals surface area contributed by atoms with Gasteiger partial charge in [0, 0.05) is 31.2 Å². The summed E-state index contributed by atoms with van der Waals surface area (Å²) < 4.78 is 39.0. The molecule has 0 bridgehead atoms. The van der Waals surface area contributed by atoms with E-state index in [0.717, 1.165) is 24.5 Å². The minimum absolute atomic E-state index is 0.0461. The number of aliphatic imine (C=N–C) groups is 1. The van der Waals surface area contributed by atoms with E-state index in [1.807, 2.05) is 29.2 Å². The highest BCUT2D eigenvalue weighted by Gasteiger charge is 2.36. The first kappa shape index (κ1) is 21.6. The van der Waals surface area contributed by atoms with Crippen molar-refractivity contribution in [3.05, 3.63) is 47.5 Å². The van der Waals surface area contributed by atoms with E-state index in [0.29, 0.717) is 37.2 Å². The summed E-state index contributed by atoms with van der Waals surface area (Å²) in [4.78, 5) is 8.82. The van der Waals surface area contributed by atoms with E-state index in [9.17, 15) is 8.42 Å². The Balaban J connectivity index is 1.53. The maximum atomic E-state index is 13.4. The molecule has 1 saturated heterocycles. The summed E-state index contributed by atoms with van der Waals surface area (Å²) >= 11 is 6.08. The molecule has 2 aliphatic rings. The maximum Gasteiger partial charge on any atom is 0.270 e. The van der Waals surface area contributed by atoms with Crippen LogP contribution in [0.1, 0.15) is 0 Å². The average Bonchev–Trinajstić information content (AvgIpc) is 3.30. The molecule has 0 saturated carbocycles. The van der Waals surface area contributed by atoms with Gasteiger partial charge >= 0.3 is 0 Å². The average molecular weight is 465 g/mol. The monoisotopic (exact) mass is 464 g/mol. The zero-order chi connectivity index (χ0) is 22.0. The molecule has 0 aliphatic carbocycles. The second kappa shape index (κ2) is 8.84. The lowest BCUT2D eigenvalue weighted by Gasteiger charge is -2.39. The van der Waals surface area contributed by atoms with Crippen LogP contribution in [0.15, 0.2) is 52.4 Å². The van der Waals surface area contributed by atoms with E-state index in [2.05, 4.69) is 9.89 Å². The number of rotatable bonds is 5. The summed E-state index contributed by atoms with van der Waals surface area (Å²) in [6.07, 6.45) is 0. The molecule has 0 aromatic heterocycles. The van der Waals surface area contributed by atoms with E-state index in [1.165, 1.54) is 17.5 Å². The highest BCUT2D eigenvalue weighted by molar-refractivity contribution is 7.89. The molecule has 2 heterocycles. The summed E-state index contributed by atoms with van der Waals surface area (Å²) in [7, 11) is -0.756. The van der Waals surface area contributed by atoms with Crippen LogP contribution in [0.3, 0.4) is 0 Å². The van der Waals surface area contributed by atoms with Crippen molar-refractivity contribution in [2.24, 2.45) is 4.99 Å². The Morgan fingerprint density at radius 3 is 2.29 bits per heavy atom. The number of halogens is 1. The van der Waals surface area contributed by atoms with Crippen molar-refractivity contribution in [2.75, 3.05) is 58.4 Å². The number of hydrogen-bond acceptors (Lipinski definition) is 7. The van der Waals surface area contributed by atoms with Gasteiger partial charge in [0.25, 0.3) is 10.0 Å². The normalized spacial score (nSPS) is 17.0. The summed E-state index contributed by atoms with van der Waals surface area (Å²) in [5.41, 5.74) is 1.03. The number of piperazine rings is 1. The molecule has 0 N–H and O–H groups in total. The van der Waals surface area contributed by atoms with Crippen LogP contribution in [0.4, 0.5) is 5.69 Å². The molecule has 2 aliphatic heterocycles. The molecule has 0 unspecified atom stereocenters. The number of hydrogen-bond donors (Lipinski definition) is 0. The van der Waals surface area contributed by atoms with E-state index in [-0.39, 0.29) is 10.6 Å². The van der Waals surface area contributed by atoms with E-state index >= 15 is 0 Å². The predicted molar refractivity (Wildman–Crippen MR) is 121 cm³/mol. The molecule has 8 nitrogen and oxygen atoms in total. The SMILES string of the molecule is COc1ccccc1N1CCN(C2=NCCN2S(=O)(=O)c2cc(Cl)ccc2OC)CC1. The molecule has 0 radical (unpaired) electrons. The van der Waals surface area contributed by atoms with Crippen LogP contribution in [0, 0.1) is 0 Å². The lowest BCUT2D eigenvalue weighted by atomic mass is 10.2. The number of guanidine groups is 1. The number of methoxy groups -OCH3 is 2. The Hall–Kier alpha value is -2.65. The fraction of sp³-hybridized carbons (Fsp3) is 0.381. The number of benzene rings is 2. The lowest BCUT2D eigenvalue weighted by Crippen LogP contribution is -2.53. The summed E-state index contributed by atoms with van der Waals surface area (Å²) in [6, 6.07) is 12.5. The summed E-state index contributed by atoms with van der Waals surface area (Å²) in [5.74, 6) is 1.56. The minimum atomic E-state index is -3.86. The molecule has 0 amide bonds. The third-order valence-corrected chi connectivity index (χ3v) is 7.50. The molecular weight excluding hydrogens is 440 g/mol. The van der Waals surface area contributed by atoms with Gasteiger partial charge in [-0.2, -0.15) is 0 Å². The third-order valence-electron chi connectivity index (χ3n) is 5.46. The first-order valence-electron chi connectivity index (χ1n) is 9.99. The van der Waals surface area contributed by atoms with Gasteiger partial charge < -0.3 is 19.3 Å². The van der Waals surface area contributed by atoms with Gasteiger partial charge in [-0.05, 0) is 30.3 Å². The highest BCUT2D eigenvalue weighted by Crippen LogP contribution is 2.32. The molecular formula is C21H25ClN4O4S. The van der Waals surface area contributed by atoms with Gasteiger partial charge in [0.2, 0.25) is 5.96 Å². The topological polar surface area (TPSA) is 74.7 Å². The number of para-hydroxylation sites is 2. The summed E-state index contributed by atoms with van der Waals surface area (Å²) in [6.45, 7) is 3.47. The van der Waals surface area contributed by atoms with Crippen LogP contribution >= 0.6 is 11.6 Å². The van der Waals surface area contributed by atoms with Crippen LogP contribution in [0.2, 0.25) is 5.02 Å². The minimum Gasteiger partial charge on any atom is -0.495 e. The lowest BCUT2D eigenvalue weighted by molar-refractivity contribution is 0.353. The first-order chi connectivity index (χ1) is 15.0. The number of nitrogens with zero attached hydrogens (tertiary/aromatic N) is 4. The fourth-order valence-electron chi connectivity index (χ4n) is 3.91. The fourth-order valence-corrected chi connectivity index (χ4v) is 5.78.